The number of thioether (sulfide) groups is 1. The van der Waals surface area contributed by atoms with Crippen LogP contribution in [0.25, 0.3) is 0 Å². The molecule has 0 spiro atoms. The summed E-state index contributed by atoms with van der Waals surface area (Å²) < 4.78 is 5.12. The predicted molar refractivity (Wildman–Crippen MR) is 107 cm³/mol. The Balaban J connectivity index is 1.58. The molecule has 1 aliphatic heterocycles. The standard InChI is InChI=1S/C20H21N3O2S/c1-3-14-4-6-15(7-5-14)12-18-19(24)22-20(26-18)23-21-13-16-8-10-17(25-2)11-9-16/h4-11,13,18H,3,12H2,1-2H3,(H,22,23,24). The van der Waals surface area contributed by atoms with E-state index in [4.69, 9.17) is 4.74 Å². The average Bonchev–Trinajstić information content (AvgIpc) is 3.02. The molecule has 0 radical (unpaired) electrons. The van der Waals surface area contributed by atoms with E-state index >= 15 is 0 Å². The molecule has 3 rings (SSSR count). The van der Waals surface area contributed by atoms with E-state index in [1.807, 2.05) is 24.3 Å². The highest BCUT2D eigenvalue weighted by molar-refractivity contribution is 8.15. The Morgan fingerprint density at radius 3 is 2.46 bits per heavy atom. The van der Waals surface area contributed by atoms with Crippen molar-refractivity contribution >= 4 is 29.1 Å². The molecule has 2 aromatic carbocycles. The number of methoxy groups -OCH3 is 1. The van der Waals surface area contributed by atoms with Crippen molar-refractivity contribution in [3.63, 3.8) is 0 Å². The smallest absolute Gasteiger partial charge is 0.239 e. The van der Waals surface area contributed by atoms with Crippen LogP contribution in [0.4, 0.5) is 0 Å². The molecule has 0 aliphatic carbocycles. The van der Waals surface area contributed by atoms with E-state index < -0.39 is 0 Å². The topological polar surface area (TPSA) is 63.1 Å². The molecule has 0 saturated carbocycles. The van der Waals surface area contributed by atoms with Gasteiger partial charge in [-0.05, 0) is 53.8 Å². The number of carbonyl (C=O) groups is 1. The van der Waals surface area contributed by atoms with Crippen LogP contribution >= 0.6 is 11.8 Å². The van der Waals surface area contributed by atoms with Crippen molar-refractivity contribution in [2.45, 2.75) is 25.0 Å². The zero-order chi connectivity index (χ0) is 18.4. The van der Waals surface area contributed by atoms with E-state index in [0.29, 0.717) is 11.6 Å². The number of hydrogen-bond acceptors (Lipinski definition) is 5. The first-order valence-electron chi connectivity index (χ1n) is 8.48. The summed E-state index contributed by atoms with van der Waals surface area (Å²) in [7, 11) is 1.63. The number of amidine groups is 1. The zero-order valence-electron chi connectivity index (χ0n) is 14.8. The van der Waals surface area contributed by atoms with E-state index in [1.165, 1.54) is 17.3 Å². The SMILES string of the molecule is CCc1ccc(CC2S/C(=N/N=Cc3ccc(OC)cc3)NC2=O)cc1. The number of ether oxygens (including phenoxy) is 1. The maximum absolute atomic E-state index is 12.1. The van der Waals surface area contributed by atoms with Crippen molar-refractivity contribution in [3.8, 4) is 5.75 Å². The summed E-state index contributed by atoms with van der Waals surface area (Å²) in [6.45, 7) is 2.13. The van der Waals surface area contributed by atoms with E-state index in [-0.39, 0.29) is 11.2 Å². The second-order valence-electron chi connectivity index (χ2n) is 5.89. The molecule has 2 aromatic rings. The predicted octanol–water partition coefficient (Wildman–Crippen LogP) is 3.42. The van der Waals surface area contributed by atoms with Gasteiger partial charge in [-0.2, -0.15) is 5.10 Å². The minimum Gasteiger partial charge on any atom is -0.497 e. The van der Waals surface area contributed by atoms with Crippen molar-refractivity contribution in [3.05, 3.63) is 65.2 Å². The van der Waals surface area contributed by atoms with Crippen LogP contribution in [0.3, 0.4) is 0 Å². The number of rotatable bonds is 6. The second-order valence-corrected chi connectivity index (χ2v) is 7.08. The lowest BCUT2D eigenvalue weighted by molar-refractivity contribution is -0.118. The van der Waals surface area contributed by atoms with Gasteiger partial charge in [-0.15, -0.1) is 5.10 Å². The summed E-state index contributed by atoms with van der Waals surface area (Å²) in [5, 5.41) is 11.3. The second kappa shape index (κ2) is 8.67. The Morgan fingerprint density at radius 2 is 1.81 bits per heavy atom. The van der Waals surface area contributed by atoms with Gasteiger partial charge >= 0.3 is 0 Å². The summed E-state index contributed by atoms with van der Waals surface area (Å²) in [6, 6.07) is 15.9. The summed E-state index contributed by atoms with van der Waals surface area (Å²) in [4.78, 5) is 12.1. The summed E-state index contributed by atoms with van der Waals surface area (Å²) in [5.74, 6) is 0.773. The molecule has 1 amide bonds. The normalized spacial score (nSPS) is 18.5. The van der Waals surface area contributed by atoms with Crippen LogP contribution in [0.5, 0.6) is 5.75 Å². The molecule has 1 atom stereocenters. The lowest BCUT2D eigenvalue weighted by Gasteiger charge is -2.06. The lowest BCUT2D eigenvalue weighted by Crippen LogP contribution is -2.25. The highest BCUT2D eigenvalue weighted by Gasteiger charge is 2.30. The highest BCUT2D eigenvalue weighted by atomic mass is 32.2. The third-order valence-corrected chi connectivity index (χ3v) is 5.17. The number of hydrogen-bond donors (Lipinski definition) is 1. The van der Waals surface area contributed by atoms with E-state index in [9.17, 15) is 4.79 Å². The maximum Gasteiger partial charge on any atom is 0.239 e. The van der Waals surface area contributed by atoms with Crippen molar-refractivity contribution in [2.24, 2.45) is 10.2 Å². The number of aryl methyl sites for hydroxylation is 1. The molecule has 6 heteroatoms. The monoisotopic (exact) mass is 367 g/mol. The number of nitrogens with one attached hydrogen (secondary N) is 1. The molecule has 1 aliphatic rings. The molecule has 134 valence electrons. The van der Waals surface area contributed by atoms with Crippen molar-refractivity contribution in [1.82, 2.24) is 5.32 Å². The average molecular weight is 367 g/mol. The zero-order valence-corrected chi connectivity index (χ0v) is 15.6. The first-order valence-corrected chi connectivity index (χ1v) is 9.36. The largest absolute Gasteiger partial charge is 0.497 e. The molecule has 1 fully saturated rings. The van der Waals surface area contributed by atoms with Gasteiger partial charge in [0.25, 0.3) is 0 Å². The Morgan fingerprint density at radius 1 is 1.12 bits per heavy atom. The summed E-state index contributed by atoms with van der Waals surface area (Å²) in [6.07, 6.45) is 3.35. The summed E-state index contributed by atoms with van der Waals surface area (Å²) >= 11 is 1.42. The Kier molecular flexibility index (Phi) is 6.07. The van der Waals surface area contributed by atoms with E-state index in [2.05, 4.69) is 46.7 Å². The van der Waals surface area contributed by atoms with E-state index in [0.717, 1.165) is 23.3 Å². The number of benzene rings is 2. The van der Waals surface area contributed by atoms with Crippen molar-refractivity contribution in [2.75, 3.05) is 7.11 Å². The van der Waals surface area contributed by atoms with Gasteiger partial charge in [0.1, 0.15) is 5.75 Å². The van der Waals surface area contributed by atoms with Gasteiger partial charge in [-0.3, -0.25) is 4.79 Å². The Hall–Kier alpha value is -2.60. The van der Waals surface area contributed by atoms with Gasteiger partial charge in [-0.1, -0.05) is 43.0 Å². The number of carbonyl (C=O) groups excluding carboxylic acids is 1. The molecule has 5 nitrogen and oxygen atoms in total. The van der Waals surface area contributed by atoms with Crippen LogP contribution in [0, 0.1) is 0 Å². The molecule has 1 heterocycles. The fraction of sp³-hybridized carbons (Fsp3) is 0.250. The van der Waals surface area contributed by atoms with Crippen LogP contribution in [0.2, 0.25) is 0 Å². The van der Waals surface area contributed by atoms with Gasteiger partial charge in [0.2, 0.25) is 5.91 Å². The van der Waals surface area contributed by atoms with Crippen LogP contribution in [-0.2, 0) is 17.6 Å². The third-order valence-electron chi connectivity index (χ3n) is 4.10. The quantitative estimate of drug-likeness (QED) is 0.628. The number of nitrogens with zero attached hydrogens (tertiary/aromatic N) is 2. The summed E-state index contributed by atoms with van der Waals surface area (Å²) in [5.41, 5.74) is 3.36. The van der Waals surface area contributed by atoms with Gasteiger partial charge < -0.3 is 10.1 Å². The van der Waals surface area contributed by atoms with Crippen molar-refractivity contribution in [1.29, 1.82) is 0 Å². The maximum atomic E-state index is 12.1. The molecular formula is C20H21N3O2S. The van der Waals surface area contributed by atoms with Crippen LogP contribution in [0.1, 0.15) is 23.6 Å². The van der Waals surface area contributed by atoms with Crippen molar-refractivity contribution < 1.29 is 9.53 Å². The third kappa shape index (κ3) is 4.73. The molecule has 1 unspecified atom stereocenters. The Bertz CT molecular complexity index is 814. The molecule has 0 aromatic heterocycles. The molecular weight excluding hydrogens is 346 g/mol. The molecule has 0 bridgehead atoms. The van der Waals surface area contributed by atoms with E-state index in [1.54, 1.807) is 13.3 Å². The minimum atomic E-state index is -0.169. The van der Waals surface area contributed by atoms with Gasteiger partial charge in [-0.25, -0.2) is 0 Å². The van der Waals surface area contributed by atoms with Gasteiger partial charge in [0.15, 0.2) is 5.17 Å². The first-order chi connectivity index (χ1) is 12.7. The fourth-order valence-corrected chi connectivity index (χ4v) is 3.51. The fourth-order valence-electron chi connectivity index (χ4n) is 2.55. The molecule has 26 heavy (non-hydrogen) atoms. The Labute approximate surface area is 157 Å². The highest BCUT2D eigenvalue weighted by Crippen LogP contribution is 2.23. The molecule has 1 N–H and O–H groups in total. The van der Waals surface area contributed by atoms with Gasteiger partial charge in [0, 0.05) is 0 Å². The van der Waals surface area contributed by atoms with Crippen LogP contribution < -0.4 is 10.1 Å². The number of amides is 1. The molecule has 1 saturated heterocycles. The van der Waals surface area contributed by atoms with Crippen LogP contribution in [0.15, 0.2) is 58.7 Å². The minimum absolute atomic E-state index is 0.0204. The first kappa shape index (κ1) is 18.2. The van der Waals surface area contributed by atoms with Gasteiger partial charge in [0.05, 0.1) is 18.6 Å². The van der Waals surface area contributed by atoms with Crippen LogP contribution in [-0.4, -0.2) is 29.6 Å². The lowest BCUT2D eigenvalue weighted by atomic mass is 10.1.